The third-order valence-electron chi connectivity index (χ3n) is 4.12. The van der Waals surface area contributed by atoms with Crippen molar-refractivity contribution in [2.75, 3.05) is 26.7 Å². The zero-order chi connectivity index (χ0) is 17.0. The van der Waals surface area contributed by atoms with E-state index < -0.39 is 10.0 Å². The van der Waals surface area contributed by atoms with E-state index in [1.165, 1.54) is 7.11 Å². The fourth-order valence-corrected chi connectivity index (χ4v) is 4.24. The van der Waals surface area contributed by atoms with Crippen LogP contribution in [0.3, 0.4) is 0 Å². The second kappa shape index (κ2) is 7.51. The van der Waals surface area contributed by atoms with Gasteiger partial charge >= 0.3 is 6.09 Å². The first-order chi connectivity index (χ1) is 10.8. The highest BCUT2D eigenvalue weighted by atomic mass is 35.5. The maximum Gasteiger partial charge on any atom is 0.409 e. The van der Waals surface area contributed by atoms with Gasteiger partial charge in [0.2, 0.25) is 10.0 Å². The smallest absolute Gasteiger partial charge is 0.409 e. The molecule has 6 nitrogen and oxygen atoms in total. The number of carbonyl (C=O) groups excluding carboxylic acids is 1. The summed E-state index contributed by atoms with van der Waals surface area (Å²) in [5, 5.41) is 0.430. The summed E-state index contributed by atoms with van der Waals surface area (Å²) >= 11 is 5.99. The Kier molecular flexibility index (Phi) is 5.89. The number of nitrogens with one attached hydrogen (secondary N) is 1. The number of nitrogens with zero attached hydrogens (tertiary/aromatic N) is 1. The normalized spacial score (nSPS) is 16.4. The highest BCUT2D eigenvalue weighted by molar-refractivity contribution is 7.89. The van der Waals surface area contributed by atoms with Crippen molar-refractivity contribution in [3.8, 4) is 0 Å². The molecule has 0 radical (unpaired) electrons. The van der Waals surface area contributed by atoms with Gasteiger partial charge in [-0.05, 0) is 43.4 Å². The first-order valence-electron chi connectivity index (χ1n) is 7.43. The van der Waals surface area contributed by atoms with Crippen molar-refractivity contribution in [1.82, 2.24) is 9.62 Å². The first kappa shape index (κ1) is 18.0. The molecule has 0 aliphatic carbocycles. The van der Waals surface area contributed by atoms with Gasteiger partial charge in [0, 0.05) is 24.7 Å². The Bertz CT molecular complexity index is 670. The fourth-order valence-electron chi connectivity index (χ4n) is 2.63. The minimum absolute atomic E-state index is 0.199. The van der Waals surface area contributed by atoms with E-state index in [0.29, 0.717) is 30.2 Å². The maximum atomic E-state index is 12.4. The van der Waals surface area contributed by atoms with Gasteiger partial charge in [-0.2, -0.15) is 0 Å². The molecule has 1 aliphatic rings. The Hall–Kier alpha value is -1.31. The molecule has 1 N–H and O–H groups in total. The molecule has 1 heterocycles. The molecule has 1 amide bonds. The molecule has 0 spiro atoms. The predicted octanol–water partition coefficient (Wildman–Crippen LogP) is 2.41. The lowest BCUT2D eigenvalue weighted by Crippen LogP contribution is -2.41. The summed E-state index contributed by atoms with van der Waals surface area (Å²) in [6.07, 6.45) is 1.15. The number of hydrogen-bond donors (Lipinski definition) is 1. The van der Waals surface area contributed by atoms with Gasteiger partial charge in [0.1, 0.15) is 0 Å². The number of rotatable bonds is 4. The molecule has 1 aromatic rings. The molecule has 0 saturated carbocycles. The van der Waals surface area contributed by atoms with Gasteiger partial charge in [-0.15, -0.1) is 0 Å². The number of ether oxygens (including phenoxy) is 1. The molecule has 0 aromatic heterocycles. The third kappa shape index (κ3) is 4.37. The van der Waals surface area contributed by atoms with Crippen molar-refractivity contribution in [2.24, 2.45) is 5.92 Å². The monoisotopic (exact) mass is 360 g/mol. The van der Waals surface area contributed by atoms with Crippen LogP contribution in [-0.2, 0) is 14.8 Å². The Labute approximate surface area is 141 Å². The van der Waals surface area contributed by atoms with E-state index in [9.17, 15) is 13.2 Å². The van der Waals surface area contributed by atoms with Crippen LogP contribution in [-0.4, -0.2) is 46.2 Å². The second-order valence-electron chi connectivity index (χ2n) is 5.62. The fraction of sp³-hybridized carbons (Fsp3) is 0.533. The molecule has 128 valence electrons. The molecule has 0 bridgehead atoms. The summed E-state index contributed by atoms with van der Waals surface area (Å²) in [6, 6.07) is 4.83. The van der Waals surface area contributed by atoms with E-state index in [1.807, 2.05) is 0 Å². The zero-order valence-corrected chi connectivity index (χ0v) is 14.8. The summed E-state index contributed by atoms with van der Waals surface area (Å²) in [7, 11) is -2.23. The minimum Gasteiger partial charge on any atom is -0.453 e. The van der Waals surface area contributed by atoms with Crippen LogP contribution >= 0.6 is 11.6 Å². The molecule has 1 aromatic carbocycles. The van der Waals surface area contributed by atoms with E-state index in [-0.39, 0.29) is 16.9 Å². The Balaban J connectivity index is 1.93. The van der Waals surface area contributed by atoms with Crippen molar-refractivity contribution in [3.05, 3.63) is 28.8 Å². The lowest BCUT2D eigenvalue weighted by molar-refractivity contribution is 0.106. The number of likely N-dealkylation sites (tertiary alicyclic amines) is 1. The van der Waals surface area contributed by atoms with Gasteiger partial charge in [0.25, 0.3) is 0 Å². The molecule has 2 rings (SSSR count). The van der Waals surface area contributed by atoms with Crippen molar-refractivity contribution in [2.45, 2.75) is 24.7 Å². The van der Waals surface area contributed by atoms with Gasteiger partial charge < -0.3 is 9.64 Å². The summed E-state index contributed by atoms with van der Waals surface area (Å²) in [4.78, 5) is 13.3. The van der Waals surface area contributed by atoms with Crippen LogP contribution < -0.4 is 4.72 Å². The molecular weight excluding hydrogens is 340 g/mol. The highest BCUT2D eigenvalue weighted by Gasteiger charge is 2.25. The van der Waals surface area contributed by atoms with Crippen LogP contribution in [0.25, 0.3) is 0 Å². The summed E-state index contributed by atoms with van der Waals surface area (Å²) < 4.78 is 32.2. The number of halogens is 1. The van der Waals surface area contributed by atoms with Crippen LogP contribution in [0.5, 0.6) is 0 Å². The van der Waals surface area contributed by atoms with Crippen molar-refractivity contribution in [3.63, 3.8) is 0 Å². The summed E-state index contributed by atoms with van der Waals surface area (Å²) in [6.45, 7) is 3.19. The molecule has 8 heteroatoms. The Morgan fingerprint density at radius 1 is 1.39 bits per heavy atom. The van der Waals surface area contributed by atoms with Crippen LogP contribution in [0.4, 0.5) is 4.79 Å². The number of amides is 1. The zero-order valence-electron chi connectivity index (χ0n) is 13.2. The standard InChI is InChI=1S/C15H21ClN2O4S/c1-11-13(16)4-3-5-14(11)23(20,21)17-10-12-6-8-18(9-7-12)15(19)22-2/h3-5,12,17H,6-10H2,1-2H3. The summed E-state index contributed by atoms with van der Waals surface area (Å²) in [5.41, 5.74) is 0.544. The number of methoxy groups -OCH3 is 1. The predicted molar refractivity (Wildman–Crippen MR) is 88.1 cm³/mol. The van der Waals surface area contributed by atoms with Gasteiger partial charge in [-0.1, -0.05) is 17.7 Å². The van der Waals surface area contributed by atoms with Crippen LogP contribution in [0.2, 0.25) is 5.02 Å². The Morgan fingerprint density at radius 2 is 2.04 bits per heavy atom. The molecule has 0 atom stereocenters. The number of sulfonamides is 1. The van der Waals surface area contributed by atoms with Crippen LogP contribution in [0, 0.1) is 12.8 Å². The SMILES string of the molecule is COC(=O)N1CCC(CNS(=O)(=O)c2cccc(Cl)c2C)CC1. The lowest BCUT2D eigenvalue weighted by Gasteiger charge is -2.30. The topological polar surface area (TPSA) is 75.7 Å². The van der Waals surface area contributed by atoms with Gasteiger partial charge in [0.05, 0.1) is 12.0 Å². The van der Waals surface area contributed by atoms with Gasteiger partial charge in [-0.3, -0.25) is 0 Å². The third-order valence-corrected chi connectivity index (χ3v) is 6.09. The number of carbonyl (C=O) groups is 1. The molecule has 1 fully saturated rings. The van der Waals surface area contributed by atoms with Crippen molar-refractivity contribution < 1.29 is 17.9 Å². The van der Waals surface area contributed by atoms with Gasteiger partial charge in [-0.25, -0.2) is 17.9 Å². The number of hydrogen-bond acceptors (Lipinski definition) is 4. The largest absolute Gasteiger partial charge is 0.453 e. The van der Waals surface area contributed by atoms with E-state index in [2.05, 4.69) is 9.46 Å². The molecular formula is C15H21ClN2O4S. The van der Waals surface area contributed by atoms with E-state index in [0.717, 1.165) is 12.8 Å². The van der Waals surface area contributed by atoms with E-state index in [1.54, 1.807) is 30.0 Å². The van der Waals surface area contributed by atoms with E-state index in [4.69, 9.17) is 11.6 Å². The molecule has 1 aliphatic heterocycles. The van der Waals surface area contributed by atoms with Crippen LogP contribution in [0.15, 0.2) is 23.1 Å². The van der Waals surface area contributed by atoms with Crippen molar-refractivity contribution >= 4 is 27.7 Å². The molecule has 23 heavy (non-hydrogen) atoms. The van der Waals surface area contributed by atoms with Crippen molar-refractivity contribution in [1.29, 1.82) is 0 Å². The first-order valence-corrected chi connectivity index (χ1v) is 9.29. The highest BCUT2D eigenvalue weighted by Crippen LogP contribution is 2.23. The minimum atomic E-state index is -3.59. The molecule has 0 unspecified atom stereocenters. The lowest BCUT2D eigenvalue weighted by atomic mass is 9.97. The second-order valence-corrected chi connectivity index (χ2v) is 7.76. The van der Waals surface area contributed by atoms with E-state index >= 15 is 0 Å². The quantitative estimate of drug-likeness (QED) is 0.894. The Morgan fingerprint density at radius 3 is 2.65 bits per heavy atom. The maximum absolute atomic E-state index is 12.4. The van der Waals surface area contributed by atoms with Crippen LogP contribution in [0.1, 0.15) is 18.4 Å². The number of piperidine rings is 1. The molecule has 1 saturated heterocycles. The van der Waals surface area contributed by atoms with Gasteiger partial charge in [0.15, 0.2) is 0 Å². The average Bonchev–Trinajstić information content (AvgIpc) is 2.55. The summed E-state index contributed by atoms with van der Waals surface area (Å²) in [5.74, 6) is 0.199. The number of benzene rings is 1. The average molecular weight is 361 g/mol.